The topological polar surface area (TPSA) is 67.6 Å². The second kappa shape index (κ2) is 8.00. The van der Waals surface area contributed by atoms with Gasteiger partial charge in [-0.3, -0.25) is 9.69 Å². The summed E-state index contributed by atoms with van der Waals surface area (Å²) in [6.07, 6.45) is 1.23. The Morgan fingerprint density at radius 1 is 1.48 bits per heavy atom. The summed E-state index contributed by atoms with van der Waals surface area (Å²) < 4.78 is 5.67. The summed E-state index contributed by atoms with van der Waals surface area (Å²) >= 11 is 0. The van der Waals surface area contributed by atoms with Crippen LogP contribution in [-0.4, -0.2) is 49.7 Å². The van der Waals surface area contributed by atoms with E-state index < -0.39 is 0 Å². The molecule has 21 heavy (non-hydrogen) atoms. The highest BCUT2D eigenvalue weighted by Gasteiger charge is 2.19. The van der Waals surface area contributed by atoms with Crippen LogP contribution in [-0.2, 0) is 16.0 Å². The van der Waals surface area contributed by atoms with Crippen molar-refractivity contribution in [3.05, 3.63) is 29.8 Å². The van der Waals surface area contributed by atoms with E-state index in [1.165, 1.54) is 0 Å². The average molecular weight is 291 g/mol. The van der Waals surface area contributed by atoms with Crippen LogP contribution < -0.4 is 11.1 Å². The molecular weight excluding hydrogens is 266 g/mol. The quantitative estimate of drug-likeness (QED) is 0.769. The normalized spacial score (nSPS) is 19.4. The van der Waals surface area contributed by atoms with Gasteiger partial charge in [0.25, 0.3) is 0 Å². The zero-order valence-electron chi connectivity index (χ0n) is 12.7. The Bertz CT molecular complexity index is 465. The van der Waals surface area contributed by atoms with E-state index in [2.05, 4.69) is 17.1 Å². The van der Waals surface area contributed by atoms with Crippen molar-refractivity contribution in [3.8, 4) is 0 Å². The summed E-state index contributed by atoms with van der Waals surface area (Å²) in [6, 6.07) is 7.67. The van der Waals surface area contributed by atoms with Crippen LogP contribution in [0.25, 0.3) is 0 Å². The number of aryl methyl sites for hydroxylation is 1. The minimum atomic E-state index is 0.0514. The standard InChI is InChI=1S/C16H25N3O2/c1-2-19-9-10-21-14(12-19)11-18-16(20)8-7-13-5-3-4-6-15(13)17/h3-6,14H,2,7-12,17H2,1H3,(H,18,20). The Morgan fingerprint density at radius 2 is 2.29 bits per heavy atom. The van der Waals surface area contributed by atoms with Gasteiger partial charge in [0, 0.05) is 31.7 Å². The lowest BCUT2D eigenvalue weighted by molar-refractivity contribution is -0.122. The van der Waals surface area contributed by atoms with Crippen LogP contribution in [0.3, 0.4) is 0 Å². The predicted molar refractivity (Wildman–Crippen MR) is 84.0 cm³/mol. The molecule has 0 aromatic heterocycles. The van der Waals surface area contributed by atoms with Gasteiger partial charge in [-0.2, -0.15) is 0 Å². The molecule has 1 aliphatic heterocycles. The van der Waals surface area contributed by atoms with Crippen LogP contribution in [0.1, 0.15) is 18.9 Å². The molecule has 1 unspecified atom stereocenters. The highest BCUT2D eigenvalue weighted by molar-refractivity contribution is 5.76. The number of para-hydroxylation sites is 1. The van der Waals surface area contributed by atoms with Crippen LogP contribution in [0.2, 0.25) is 0 Å². The summed E-state index contributed by atoms with van der Waals surface area (Å²) in [5.74, 6) is 0.0514. The highest BCUT2D eigenvalue weighted by atomic mass is 16.5. The van der Waals surface area contributed by atoms with Gasteiger partial charge >= 0.3 is 0 Å². The molecule has 1 aliphatic rings. The van der Waals surface area contributed by atoms with Gasteiger partial charge in [0.15, 0.2) is 0 Å². The fourth-order valence-corrected chi connectivity index (χ4v) is 2.52. The fourth-order valence-electron chi connectivity index (χ4n) is 2.52. The van der Waals surface area contributed by atoms with E-state index in [9.17, 15) is 4.79 Å². The second-order valence-corrected chi connectivity index (χ2v) is 5.39. The number of nitrogens with one attached hydrogen (secondary N) is 1. The minimum absolute atomic E-state index is 0.0514. The number of likely N-dealkylation sites (N-methyl/N-ethyl adjacent to an activating group) is 1. The molecule has 5 heteroatoms. The number of morpholine rings is 1. The average Bonchev–Trinajstić information content (AvgIpc) is 2.52. The molecule has 0 radical (unpaired) electrons. The third-order valence-electron chi connectivity index (χ3n) is 3.87. The molecule has 1 aromatic carbocycles. The maximum Gasteiger partial charge on any atom is 0.220 e. The first-order valence-corrected chi connectivity index (χ1v) is 7.63. The van der Waals surface area contributed by atoms with Crippen molar-refractivity contribution in [1.82, 2.24) is 10.2 Å². The number of hydrogen-bond donors (Lipinski definition) is 2. The number of carbonyl (C=O) groups is 1. The second-order valence-electron chi connectivity index (χ2n) is 5.39. The zero-order chi connectivity index (χ0) is 15.1. The van der Waals surface area contributed by atoms with Gasteiger partial charge in [-0.05, 0) is 24.6 Å². The Balaban J connectivity index is 1.69. The van der Waals surface area contributed by atoms with Gasteiger partial charge < -0.3 is 15.8 Å². The van der Waals surface area contributed by atoms with E-state index in [1.807, 2.05) is 24.3 Å². The molecule has 1 heterocycles. The highest BCUT2D eigenvalue weighted by Crippen LogP contribution is 2.12. The first kappa shape index (κ1) is 15.8. The lowest BCUT2D eigenvalue weighted by Gasteiger charge is -2.32. The summed E-state index contributed by atoms with van der Waals surface area (Å²) in [5.41, 5.74) is 7.65. The van der Waals surface area contributed by atoms with Crippen molar-refractivity contribution >= 4 is 11.6 Å². The molecule has 1 atom stereocenters. The Labute approximate surface area is 126 Å². The number of benzene rings is 1. The van der Waals surface area contributed by atoms with Crippen molar-refractivity contribution < 1.29 is 9.53 Å². The van der Waals surface area contributed by atoms with Gasteiger partial charge in [0.1, 0.15) is 0 Å². The summed E-state index contributed by atoms with van der Waals surface area (Å²) in [5, 5.41) is 2.96. The van der Waals surface area contributed by atoms with Crippen LogP contribution in [0.4, 0.5) is 5.69 Å². The Morgan fingerprint density at radius 3 is 3.05 bits per heavy atom. The van der Waals surface area contributed by atoms with Crippen molar-refractivity contribution in [1.29, 1.82) is 0 Å². The summed E-state index contributed by atoms with van der Waals surface area (Å²) in [7, 11) is 0. The minimum Gasteiger partial charge on any atom is -0.399 e. The number of nitrogens with two attached hydrogens (primary N) is 1. The number of amides is 1. The maximum atomic E-state index is 11.9. The fraction of sp³-hybridized carbons (Fsp3) is 0.562. The summed E-state index contributed by atoms with van der Waals surface area (Å²) in [4.78, 5) is 14.2. The molecule has 0 saturated carbocycles. The molecule has 116 valence electrons. The number of ether oxygens (including phenoxy) is 1. The number of nitrogen functional groups attached to an aromatic ring is 1. The molecule has 0 bridgehead atoms. The van der Waals surface area contributed by atoms with Gasteiger partial charge in [-0.15, -0.1) is 0 Å². The molecule has 3 N–H and O–H groups in total. The zero-order valence-corrected chi connectivity index (χ0v) is 12.7. The molecule has 1 saturated heterocycles. The molecule has 1 aromatic rings. The predicted octanol–water partition coefficient (Wildman–Crippen LogP) is 1.04. The molecule has 5 nitrogen and oxygen atoms in total. The Hall–Kier alpha value is -1.59. The number of carbonyl (C=O) groups excluding carboxylic acids is 1. The molecular formula is C16H25N3O2. The molecule has 1 fully saturated rings. The number of nitrogens with zero attached hydrogens (tertiary/aromatic N) is 1. The van der Waals surface area contributed by atoms with E-state index in [-0.39, 0.29) is 12.0 Å². The SMILES string of the molecule is CCN1CCOC(CNC(=O)CCc2ccccc2N)C1. The van der Waals surface area contributed by atoms with Gasteiger partial charge in [-0.25, -0.2) is 0 Å². The first-order valence-electron chi connectivity index (χ1n) is 7.63. The third-order valence-corrected chi connectivity index (χ3v) is 3.87. The molecule has 0 aliphatic carbocycles. The van der Waals surface area contributed by atoms with E-state index in [4.69, 9.17) is 10.5 Å². The van der Waals surface area contributed by atoms with Crippen LogP contribution in [0.15, 0.2) is 24.3 Å². The van der Waals surface area contributed by atoms with Crippen molar-refractivity contribution in [2.75, 3.05) is 38.5 Å². The number of anilines is 1. The Kier molecular flexibility index (Phi) is 6.02. The van der Waals surface area contributed by atoms with E-state index in [0.717, 1.165) is 37.5 Å². The smallest absolute Gasteiger partial charge is 0.220 e. The largest absolute Gasteiger partial charge is 0.399 e. The monoisotopic (exact) mass is 291 g/mol. The van der Waals surface area contributed by atoms with Crippen LogP contribution in [0, 0.1) is 0 Å². The molecule has 2 rings (SSSR count). The summed E-state index contributed by atoms with van der Waals surface area (Å²) in [6.45, 7) is 6.37. The van der Waals surface area contributed by atoms with Crippen molar-refractivity contribution in [2.24, 2.45) is 0 Å². The third kappa shape index (κ3) is 5.02. The van der Waals surface area contributed by atoms with E-state index in [1.54, 1.807) is 0 Å². The number of hydrogen-bond acceptors (Lipinski definition) is 4. The molecule has 0 spiro atoms. The van der Waals surface area contributed by atoms with Crippen LogP contribution >= 0.6 is 0 Å². The van der Waals surface area contributed by atoms with Gasteiger partial charge in [0.05, 0.1) is 12.7 Å². The van der Waals surface area contributed by atoms with Crippen LogP contribution in [0.5, 0.6) is 0 Å². The maximum absolute atomic E-state index is 11.9. The van der Waals surface area contributed by atoms with Crippen molar-refractivity contribution in [3.63, 3.8) is 0 Å². The van der Waals surface area contributed by atoms with Gasteiger partial charge in [-0.1, -0.05) is 25.1 Å². The van der Waals surface area contributed by atoms with E-state index >= 15 is 0 Å². The molecule has 1 amide bonds. The number of rotatable bonds is 6. The first-order chi connectivity index (χ1) is 10.2. The lowest BCUT2D eigenvalue weighted by Crippen LogP contribution is -2.47. The van der Waals surface area contributed by atoms with Gasteiger partial charge in [0.2, 0.25) is 5.91 Å². The lowest BCUT2D eigenvalue weighted by atomic mass is 10.1. The van der Waals surface area contributed by atoms with Crippen molar-refractivity contribution in [2.45, 2.75) is 25.9 Å². The van der Waals surface area contributed by atoms with E-state index in [0.29, 0.717) is 19.4 Å².